The summed E-state index contributed by atoms with van der Waals surface area (Å²) in [5.41, 5.74) is 2.55. The normalized spacial score (nSPS) is 12.0. The van der Waals surface area contributed by atoms with Gasteiger partial charge in [0.15, 0.2) is 17.0 Å². The van der Waals surface area contributed by atoms with Crippen molar-refractivity contribution in [3.63, 3.8) is 0 Å². The lowest BCUT2D eigenvalue weighted by atomic mass is 10.1. The molecule has 0 saturated heterocycles. The molecule has 1 aromatic carbocycles. The van der Waals surface area contributed by atoms with E-state index >= 15 is 0 Å². The van der Waals surface area contributed by atoms with Gasteiger partial charge in [-0.1, -0.05) is 43.7 Å². The zero-order valence-electron chi connectivity index (χ0n) is 13.9. The lowest BCUT2D eigenvalue weighted by Crippen LogP contribution is -2.10. The summed E-state index contributed by atoms with van der Waals surface area (Å²) in [5.74, 6) is 0.756. The van der Waals surface area contributed by atoms with Crippen molar-refractivity contribution < 1.29 is 0 Å². The number of nitrogens with one attached hydrogen (secondary N) is 1. The Labute approximate surface area is 141 Å². The molecular weight excluding hydrogens is 300 g/mol. The van der Waals surface area contributed by atoms with Crippen molar-refractivity contribution in [1.29, 1.82) is 5.26 Å². The van der Waals surface area contributed by atoms with Gasteiger partial charge in [0.2, 0.25) is 5.82 Å². The molecule has 1 N–H and O–H groups in total. The van der Waals surface area contributed by atoms with Crippen LogP contribution in [0.1, 0.15) is 44.1 Å². The van der Waals surface area contributed by atoms with E-state index in [1.165, 1.54) is 0 Å². The predicted octanol–water partition coefficient (Wildman–Crippen LogP) is 3.67. The van der Waals surface area contributed by atoms with Crippen molar-refractivity contribution in [3.8, 4) is 6.07 Å². The molecule has 2 aromatic heterocycles. The molecule has 3 rings (SSSR count). The fourth-order valence-corrected chi connectivity index (χ4v) is 2.62. The number of hydrogen-bond acceptors (Lipinski definition) is 5. The van der Waals surface area contributed by atoms with Crippen LogP contribution in [0.3, 0.4) is 0 Å². The second-order valence-corrected chi connectivity index (χ2v) is 5.75. The maximum Gasteiger partial charge on any atom is 0.236 e. The molecule has 0 spiro atoms. The fourth-order valence-electron chi connectivity index (χ4n) is 2.62. The minimum Gasteiger partial charge on any atom is -0.362 e. The van der Waals surface area contributed by atoms with Crippen molar-refractivity contribution >= 4 is 17.0 Å². The summed E-state index contributed by atoms with van der Waals surface area (Å²) in [6.07, 6.45) is 3.90. The number of nitrogens with zero attached hydrogens (tertiary/aromatic N) is 5. The van der Waals surface area contributed by atoms with Crippen LogP contribution in [0, 0.1) is 11.3 Å². The van der Waals surface area contributed by atoms with Crippen molar-refractivity contribution in [3.05, 3.63) is 48.0 Å². The van der Waals surface area contributed by atoms with Gasteiger partial charge in [0.25, 0.3) is 0 Å². The van der Waals surface area contributed by atoms with E-state index < -0.39 is 0 Å². The van der Waals surface area contributed by atoms with Gasteiger partial charge in [0.1, 0.15) is 6.07 Å². The molecule has 6 heteroatoms. The Hall–Kier alpha value is -2.94. The molecule has 0 radical (unpaired) electrons. The lowest BCUT2D eigenvalue weighted by molar-refractivity contribution is 0.641. The van der Waals surface area contributed by atoms with Gasteiger partial charge in [0, 0.05) is 6.54 Å². The third kappa shape index (κ3) is 3.20. The zero-order chi connectivity index (χ0) is 16.9. The van der Waals surface area contributed by atoms with E-state index in [0.717, 1.165) is 24.9 Å². The van der Waals surface area contributed by atoms with E-state index in [1.54, 1.807) is 6.33 Å². The van der Waals surface area contributed by atoms with Crippen molar-refractivity contribution in [2.45, 2.75) is 39.3 Å². The molecule has 1 atom stereocenters. The number of unbranched alkanes of at least 4 members (excludes halogenated alkanes) is 1. The Kier molecular flexibility index (Phi) is 4.71. The molecule has 0 aliphatic heterocycles. The molecule has 0 bridgehead atoms. The largest absolute Gasteiger partial charge is 0.362 e. The molecule has 0 fully saturated rings. The molecule has 0 unspecified atom stereocenters. The number of imidazole rings is 1. The number of aromatic nitrogens is 4. The molecule has 0 amide bonds. The van der Waals surface area contributed by atoms with E-state index in [0.29, 0.717) is 17.0 Å². The number of benzene rings is 1. The molecule has 122 valence electrons. The van der Waals surface area contributed by atoms with Crippen LogP contribution in [0.25, 0.3) is 11.2 Å². The highest BCUT2D eigenvalue weighted by molar-refractivity contribution is 5.83. The fraction of sp³-hybridized carbons (Fsp3) is 0.333. The minimum absolute atomic E-state index is 0.0524. The number of nitriles is 1. The first-order valence-corrected chi connectivity index (χ1v) is 8.17. The van der Waals surface area contributed by atoms with Crippen LogP contribution >= 0.6 is 0 Å². The quantitative estimate of drug-likeness (QED) is 0.749. The highest BCUT2D eigenvalue weighted by Crippen LogP contribution is 2.24. The first kappa shape index (κ1) is 15.9. The maximum atomic E-state index is 9.24. The average Bonchev–Trinajstić information content (AvgIpc) is 3.03. The summed E-state index contributed by atoms with van der Waals surface area (Å²) < 4.78 is 1.99. The van der Waals surface area contributed by atoms with E-state index in [2.05, 4.69) is 46.2 Å². The summed E-state index contributed by atoms with van der Waals surface area (Å²) in [4.78, 5) is 13.1. The van der Waals surface area contributed by atoms with E-state index in [4.69, 9.17) is 0 Å². The summed E-state index contributed by atoms with van der Waals surface area (Å²) in [7, 11) is 0. The molecule has 0 aliphatic rings. The number of rotatable bonds is 6. The number of fused-ring (bicyclic) bond motifs is 1. The summed E-state index contributed by atoms with van der Waals surface area (Å²) in [6.45, 7) is 5.04. The molecule has 0 saturated carbocycles. The smallest absolute Gasteiger partial charge is 0.236 e. The van der Waals surface area contributed by atoms with Crippen LogP contribution < -0.4 is 5.32 Å². The Morgan fingerprint density at radius 2 is 2.04 bits per heavy atom. The Morgan fingerprint density at radius 3 is 2.75 bits per heavy atom. The third-order valence-electron chi connectivity index (χ3n) is 3.97. The molecule has 0 aliphatic carbocycles. The van der Waals surface area contributed by atoms with Crippen LogP contribution in [0.15, 0.2) is 36.7 Å². The SMILES string of the molecule is CCCCn1cnc2c(N[C@H](C)c3ccccc3)nc(C#N)nc21. The van der Waals surface area contributed by atoms with Crippen molar-refractivity contribution in [2.24, 2.45) is 0 Å². The van der Waals surface area contributed by atoms with E-state index in [1.807, 2.05) is 28.8 Å². The van der Waals surface area contributed by atoms with Crippen LogP contribution in [0.5, 0.6) is 0 Å². The standard InChI is InChI=1S/C18H20N6/c1-3-4-10-24-12-20-16-17(22-15(11-19)23-18(16)24)21-13(2)14-8-6-5-7-9-14/h5-9,12-13H,3-4,10H2,1-2H3,(H,21,22,23)/t13-/m1/s1. The number of anilines is 1. The van der Waals surface area contributed by atoms with Crippen LogP contribution in [-0.2, 0) is 6.54 Å². The van der Waals surface area contributed by atoms with Gasteiger partial charge in [0.05, 0.1) is 12.4 Å². The molecular formula is C18H20N6. The van der Waals surface area contributed by atoms with E-state index in [9.17, 15) is 5.26 Å². The topological polar surface area (TPSA) is 79.4 Å². The number of aryl methyl sites for hydroxylation is 1. The second-order valence-electron chi connectivity index (χ2n) is 5.75. The van der Waals surface area contributed by atoms with Gasteiger partial charge >= 0.3 is 0 Å². The van der Waals surface area contributed by atoms with Crippen LogP contribution in [0.2, 0.25) is 0 Å². The first-order valence-electron chi connectivity index (χ1n) is 8.17. The van der Waals surface area contributed by atoms with Crippen molar-refractivity contribution in [1.82, 2.24) is 19.5 Å². The number of hydrogen-bond donors (Lipinski definition) is 1. The Morgan fingerprint density at radius 1 is 1.25 bits per heavy atom. The van der Waals surface area contributed by atoms with Gasteiger partial charge in [-0.2, -0.15) is 15.2 Å². The van der Waals surface area contributed by atoms with E-state index in [-0.39, 0.29) is 11.9 Å². The van der Waals surface area contributed by atoms with Gasteiger partial charge < -0.3 is 9.88 Å². The second kappa shape index (κ2) is 7.09. The summed E-state index contributed by atoms with van der Waals surface area (Å²) in [5, 5.41) is 12.6. The first-order chi connectivity index (χ1) is 11.7. The molecule has 6 nitrogen and oxygen atoms in total. The van der Waals surface area contributed by atoms with Gasteiger partial charge in [-0.15, -0.1) is 0 Å². The predicted molar refractivity (Wildman–Crippen MR) is 93.4 cm³/mol. The van der Waals surface area contributed by atoms with Crippen LogP contribution in [-0.4, -0.2) is 19.5 Å². The summed E-state index contributed by atoms with van der Waals surface area (Å²) >= 11 is 0. The Bertz CT molecular complexity index is 862. The third-order valence-corrected chi connectivity index (χ3v) is 3.97. The zero-order valence-corrected chi connectivity index (χ0v) is 13.9. The van der Waals surface area contributed by atoms with Gasteiger partial charge in [-0.25, -0.2) is 4.98 Å². The average molecular weight is 320 g/mol. The highest BCUT2D eigenvalue weighted by atomic mass is 15.2. The van der Waals surface area contributed by atoms with Crippen LogP contribution in [0.4, 0.5) is 5.82 Å². The molecule has 3 aromatic rings. The van der Waals surface area contributed by atoms with Gasteiger partial charge in [-0.3, -0.25) is 0 Å². The van der Waals surface area contributed by atoms with Crippen molar-refractivity contribution in [2.75, 3.05) is 5.32 Å². The molecule has 24 heavy (non-hydrogen) atoms. The lowest BCUT2D eigenvalue weighted by Gasteiger charge is -2.15. The minimum atomic E-state index is 0.0524. The van der Waals surface area contributed by atoms with Gasteiger partial charge in [-0.05, 0) is 18.9 Å². The maximum absolute atomic E-state index is 9.24. The Balaban J connectivity index is 1.98. The molecule has 2 heterocycles. The summed E-state index contributed by atoms with van der Waals surface area (Å²) in [6, 6.07) is 12.2. The monoisotopic (exact) mass is 320 g/mol. The highest BCUT2D eigenvalue weighted by Gasteiger charge is 2.15.